The third-order valence-corrected chi connectivity index (χ3v) is 2.03. The van der Waals surface area contributed by atoms with Gasteiger partial charge in [0.15, 0.2) is 0 Å². The molecule has 3 heteroatoms. The highest BCUT2D eigenvalue weighted by atomic mass is 16.1. The summed E-state index contributed by atoms with van der Waals surface area (Å²) in [4.78, 5) is 16.2. The maximum atomic E-state index is 10.9. The molecule has 0 atom stereocenters. The van der Waals surface area contributed by atoms with Crippen molar-refractivity contribution in [2.24, 2.45) is 0 Å². The van der Waals surface area contributed by atoms with E-state index in [4.69, 9.17) is 0 Å². The van der Waals surface area contributed by atoms with Crippen LogP contribution in [0.1, 0.15) is 0 Å². The summed E-state index contributed by atoms with van der Waals surface area (Å²) in [6.45, 7) is 0. The Morgan fingerprint density at radius 3 is 2.13 bits per heavy atom. The predicted octanol–water partition coefficient (Wildman–Crippen LogP) is 2.29. The third kappa shape index (κ3) is 2.02. The fourth-order valence-electron chi connectivity index (χ4n) is 1.32. The molecular formula is C12H9N2O. The first-order valence-electron chi connectivity index (χ1n) is 4.55. The van der Waals surface area contributed by atoms with Gasteiger partial charge in [-0.15, -0.1) is 0 Å². The average Bonchev–Trinajstić information content (AvgIpc) is 2.33. The molecule has 2 aromatic rings. The summed E-state index contributed by atoms with van der Waals surface area (Å²) in [5.41, 5.74) is 1.55. The number of para-hydroxylation sites is 1. The van der Waals surface area contributed by atoms with E-state index in [-0.39, 0.29) is 0 Å². The second-order valence-corrected chi connectivity index (χ2v) is 2.97. The van der Waals surface area contributed by atoms with E-state index in [2.05, 4.69) is 4.98 Å². The van der Waals surface area contributed by atoms with E-state index < -0.39 is 0 Å². The highest BCUT2D eigenvalue weighted by Crippen LogP contribution is 2.21. The van der Waals surface area contributed by atoms with Crippen LogP contribution in [0.2, 0.25) is 0 Å². The maximum Gasteiger partial charge on any atom is 0.321 e. The molecule has 15 heavy (non-hydrogen) atoms. The first-order valence-corrected chi connectivity index (χ1v) is 4.55. The number of benzene rings is 1. The number of hydrogen-bond acceptors (Lipinski definition) is 2. The van der Waals surface area contributed by atoms with Crippen LogP contribution in [0.3, 0.4) is 0 Å². The monoisotopic (exact) mass is 197 g/mol. The van der Waals surface area contributed by atoms with Gasteiger partial charge in [-0.3, -0.25) is 14.7 Å². The first-order chi connectivity index (χ1) is 7.42. The van der Waals surface area contributed by atoms with E-state index in [1.54, 1.807) is 24.5 Å². The zero-order valence-electron chi connectivity index (χ0n) is 8.00. The van der Waals surface area contributed by atoms with Gasteiger partial charge in [-0.25, -0.2) is 0 Å². The Morgan fingerprint density at radius 2 is 1.53 bits per heavy atom. The fraction of sp³-hybridized carbons (Fsp3) is 0. The lowest BCUT2D eigenvalue weighted by Crippen LogP contribution is -2.13. The molecule has 0 aliphatic rings. The number of aromatic nitrogens is 1. The molecule has 0 aliphatic carbocycles. The molecule has 1 aromatic carbocycles. The topological polar surface area (TPSA) is 33.2 Å². The van der Waals surface area contributed by atoms with Crippen LogP contribution in [0.25, 0.3) is 0 Å². The van der Waals surface area contributed by atoms with Crippen LogP contribution in [0.15, 0.2) is 54.9 Å². The summed E-state index contributed by atoms with van der Waals surface area (Å²) in [5.74, 6) is 0. The van der Waals surface area contributed by atoms with E-state index in [0.717, 1.165) is 11.4 Å². The predicted molar refractivity (Wildman–Crippen MR) is 58.5 cm³/mol. The Bertz CT molecular complexity index is 388. The minimum Gasteiger partial charge on any atom is -0.273 e. The quantitative estimate of drug-likeness (QED) is 0.707. The van der Waals surface area contributed by atoms with Crippen molar-refractivity contribution in [2.45, 2.75) is 0 Å². The minimum atomic E-state index is 0.756. The van der Waals surface area contributed by atoms with Gasteiger partial charge in [-0.05, 0) is 24.3 Å². The Morgan fingerprint density at radius 1 is 0.933 bits per heavy atom. The molecule has 0 fully saturated rings. The van der Waals surface area contributed by atoms with Crippen LogP contribution in [-0.4, -0.2) is 11.4 Å². The second kappa shape index (κ2) is 4.37. The lowest BCUT2D eigenvalue weighted by Gasteiger charge is -2.15. The summed E-state index contributed by atoms with van der Waals surface area (Å²) in [6, 6.07) is 12.9. The summed E-state index contributed by atoms with van der Waals surface area (Å²) < 4.78 is 0. The van der Waals surface area contributed by atoms with Crippen molar-refractivity contribution < 1.29 is 4.79 Å². The summed E-state index contributed by atoms with van der Waals surface area (Å²) in [5, 5.41) is 0. The standard InChI is InChI=1S/C12H9N2O/c15-10-14(11-4-2-1-3-5-11)12-6-8-13-9-7-12/h1-9H. The molecule has 1 aromatic heterocycles. The Labute approximate surface area is 88.0 Å². The van der Waals surface area contributed by atoms with Crippen molar-refractivity contribution in [1.29, 1.82) is 0 Å². The molecule has 3 nitrogen and oxygen atoms in total. The zero-order chi connectivity index (χ0) is 10.5. The first kappa shape index (κ1) is 9.40. The molecule has 1 radical (unpaired) electrons. The van der Waals surface area contributed by atoms with E-state index in [1.807, 2.05) is 36.7 Å². The molecule has 0 saturated heterocycles. The molecule has 2 rings (SSSR count). The normalized spacial score (nSPS) is 9.60. The molecule has 0 aliphatic heterocycles. The van der Waals surface area contributed by atoms with E-state index in [1.165, 1.54) is 4.90 Å². The number of hydrogen-bond donors (Lipinski definition) is 0. The van der Waals surface area contributed by atoms with Gasteiger partial charge in [0, 0.05) is 18.1 Å². The minimum absolute atomic E-state index is 0.756. The van der Waals surface area contributed by atoms with E-state index in [0.29, 0.717) is 0 Å². The van der Waals surface area contributed by atoms with Crippen LogP contribution in [-0.2, 0) is 4.79 Å². The van der Waals surface area contributed by atoms with Gasteiger partial charge >= 0.3 is 6.41 Å². The molecule has 1 amide bonds. The van der Waals surface area contributed by atoms with Gasteiger partial charge in [0.1, 0.15) is 0 Å². The molecular weight excluding hydrogens is 188 g/mol. The lowest BCUT2D eigenvalue weighted by molar-refractivity contribution is 0.556. The Kier molecular flexibility index (Phi) is 2.74. The highest BCUT2D eigenvalue weighted by molar-refractivity contribution is 5.86. The molecule has 0 bridgehead atoms. The number of anilines is 2. The van der Waals surface area contributed by atoms with Gasteiger partial charge in [0.2, 0.25) is 0 Å². The number of pyridine rings is 1. The number of carbonyl (C=O) groups excluding carboxylic acids is 1. The highest BCUT2D eigenvalue weighted by Gasteiger charge is 2.07. The van der Waals surface area contributed by atoms with E-state index >= 15 is 0 Å². The van der Waals surface area contributed by atoms with Crippen LogP contribution in [0, 0.1) is 0 Å². The Balaban J connectivity index is 2.38. The average molecular weight is 197 g/mol. The van der Waals surface area contributed by atoms with Crippen molar-refractivity contribution in [3.63, 3.8) is 0 Å². The molecule has 73 valence electrons. The molecule has 0 spiro atoms. The maximum absolute atomic E-state index is 10.9. The third-order valence-electron chi connectivity index (χ3n) is 2.03. The summed E-state index contributed by atoms with van der Waals surface area (Å²) in [7, 11) is 0. The molecule has 0 N–H and O–H groups in total. The van der Waals surface area contributed by atoms with Gasteiger partial charge < -0.3 is 0 Å². The van der Waals surface area contributed by atoms with Crippen molar-refractivity contribution in [1.82, 2.24) is 4.98 Å². The van der Waals surface area contributed by atoms with Crippen LogP contribution >= 0.6 is 0 Å². The molecule has 0 unspecified atom stereocenters. The second-order valence-electron chi connectivity index (χ2n) is 2.97. The summed E-state index contributed by atoms with van der Waals surface area (Å²) >= 11 is 0. The van der Waals surface area contributed by atoms with Crippen molar-refractivity contribution in [2.75, 3.05) is 4.90 Å². The number of rotatable bonds is 3. The van der Waals surface area contributed by atoms with Crippen molar-refractivity contribution in [3.8, 4) is 0 Å². The lowest BCUT2D eigenvalue weighted by atomic mass is 10.2. The van der Waals surface area contributed by atoms with Crippen LogP contribution in [0.5, 0.6) is 0 Å². The molecule has 1 heterocycles. The fourth-order valence-corrected chi connectivity index (χ4v) is 1.32. The van der Waals surface area contributed by atoms with Gasteiger partial charge in [0.25, 0.3) is 0 Å². The SMILES string of the molecule is O=[C]N(c1ccccc1)c1ccncc1. The van der Waals surface area contributed by atoms with Crippen molar-refractivity contribution in [3.05, 3.63) is 54.9 Å². The Hall–Kier alpha value is -2.16. The van der Waals surface area contributed by atoms with Gasteiger partial charge in [-0.2, -0.15) is 0 Å². The zero-order valence-corrected chi connectivity index (χ0v) is 8.00. The van der Waals surface area contributed by atoms with Crippen LogP contribution < -0.4 is 4.90 Å². The van der Waals surface area contributed by atoms with Crippen LogP contribution in [0.4, 0.5) is 11.4 Å². The van der Waals surface area contributed by atoms with E-state index in [9.17, 15) is 4.79 Å². The number of nitrogens with zero attached hydrogens (tertiary/aromatic N) is 2. The molecule has 0 saturated carbocycles. The van der Waals surface area contributed by atoms with Gasteiger partial charge in [-0.1, -0.05) is 18.2 Å². The number of amides is 1. The summed E-state index contributed by atoms with van der Waals surface area (Å²) in [6.07, 6.45) is 5.17. The van der Waals surface area contributed by atoms with Gasteiger partial charge in [0.05, 0.1) is 5.69 Å². The largest absolute Gasteiger partial charge is 0.321 e. The van der Waals surface area contributed by atoms with Crippen molar-refractivity contribution >= 4 is 17.8 Å². The smallest absolute Gasteiger partial charge is 0.273 e.